The minimum atomic E-state index is 0.415. The first-order valence-electron chi connectivity index (χ1n) is 3.99. The quantitative estimate of drug-likeness (QED) is 0.553. The number of benzene rings is 1. The molecule has 2 rings (SSSR count). The molecule has 3 heteroatoms. The fourth-order valence-corrected chi connectivity index (χ4v) is 2.32. The molecule has 1 unspecified atom stereocenters. The molecule has 1 aliphatic heterocycles. The van der Waals surface area contributed by atoms with E-state index in [1.807, 2.05) is 0 Å². The molecule has 0 spiro atoms. The van der Waals surface area contributed by atoms with E-state index in [-0.39, 0.29) is 0 Å². The number of thiol groups is 1. The van der Waals surface area contributed by atoms with E-state index in [0.717, 1.165) is 13.0 Å². The first kappa shape index (κ1) is 8.69. The number of hydrogen-bond acceptors (Lipinski definition) is 2. The van der Waals surface area contributed by atoms with Crippen LogP contribution in [0.3, 0.4) is 0 Å². The summed E-state index contributed by atoms with van der Waals surface area (Å²) in [5.74, 6) is 0. The van der Waals surface area contributed by atoms with Crippen molar-refractivity contribution >= 4 is 40.9 Å². The van der Waals surface area contributed by atoms with Crippen LogP contribution in [0, 0.1) is 3.57 Å². The van der Waals surface area contributed by atoms with Crippen molar-refractivity contribution in [2.75, 3.05) is 11.9 Å². The second-order valence-corrected chi connectivity index (χ2v) is 4.83. The zero-order valence-corrected chi connectivity index (χ0v) is 9.60. The molecular formula is C9H10INS. The number of fused-ring (bicyclic) bond motifs is 1. The highest BCUT2D eigenvalue weighted by molar-refractivity contribution is 14.1. The highest BCUT2D eigenvalue weighted by atomic mass is 127. The Morgan fingerprint density at radius 1 is 1.50 bits per heavy atom. The van der Waals surface area contributed by atoms with Crippen LogP contribution in [-0.4, -0.2) is 6.54 Å². The summed E-state index contributed by atoms with van der Waals surface area (Å²) >= 11 is 6.86. The topological polar surface area (TPSA) is 12.0 Å². The summed E-state index contributed by atoms with van der Waals surface area (Å²) in [7, 11) is 0. The summed E-state index contributed by atoms with van der Waals surface area (Å²) in [4.78, 5) is 0. The molecule has 0 saturated heterocycles. The molecule has 1 aromatic carbocycles. The summed E-state index contributed by atoms with van der Waals surface area (Å²) < 4.78 is 1.28. The third kappa shape index (κ3) is 1.57. The summed E-state index contributed by atoms with van der Waals surface area (Å²) in [6.45, 7) is 1.04. The van der Waals surface area contributed by atoms with Crippen LogP contribution in [0.2, 0.25) is 0 Å². The van der Waals surface area contributed by atoms with E-state index in [1.165, 1.54) is 14.8 Å². The second kappa shape index (κ2) is 3.46. The van der Waals surface area contributed by atoms with Crippen molar-refractivity contribution in [2.45, 2.75) is 11.7 Å². The van der Waals surface area contributed by atoms with Crippen LogP contribution in [0.4, 0.5) is 5.69 Å². The second-order valence-electron chi connectivity index (χ2n) is 2.96. The van der Waals surface area contributed by atoms with Crippen LogP contribution in [-0.2, 0) is 0 Å². The molecule has 0 aromatic heterocycles. The summed E-state index contributed by atoms with van der Waals surface area (Å²) in [5.41, 5.74) is 2.60. The van der Waals surface area contributed by atoms with Crippen molar-refractivity contribution < 1.29 is 0 Å². The molecule has 0 saturated carbocycles. The maximum absolute atomic E-state index is 4.53. The fraction of sp³-hybridized carbons (Fsp3) is 0.333. The van der Waals surface area contributed by atoms with Gasteiger partial charge in [0.25, 0.3) is 0 Å². The van der Waals surface area contributed by atoms with Gasteiger partial charge in [0, 0.05) is 21.1 Å². The molecule has 1 N–H and O–H groups in total. The number of rotatable bonds is 0. The van der Waals surface area contributed by atoms with E-state index < -0.39 is 0 Å². The maximum atomic E-state index is 4.53. The van der Waals surface area contributed by atoms with Crippen LogP contribution in [0.25, 0.3) is 0 Å². The molecule has 1 aromatic rings. The zero-order chi connectivity index (χ0) is 8.55. The standard InChI is InChI=1S/C9H10INS/c10-6-1-2-7-8(5-6)11-4-3-9(7)12/h1-2,5,9,11-12H,3-4H2. The van der Waals surface area contributed by atoms with Crippen molar-refractivity contribution in [3.63, 3.8) is 0 Å². The smallest absolute Gasteiger partial charge is 0.0394 e. The predicted molar refractivity (Wildman–Crippen MR) is 64.0 cm³/mol. The minimum absolute atomic E-state index is 0.415. The van der Waals surface area contributed by atoms with Gasteiger partial charge in [0.05, 0.1) is 0 Å². The lowest BCUT2D eigenvalue weighted by Gasteiger charge is -2.23. The van der Waals surface area contributed by atoms with E-state index >= 15 is 0 Å². The lowest BCUT2D eigenvalue weighted by atomic mass is 10.0. The molecular weight excluding hydrogens is 281 g/mol. The van der Waals surface area contributed by atoms with Gasteiger partial charge in [-0.3, -0.25) is 0 Å². The molecule has 0 aliphatic carbocycles. The molecule has 1 heterocycles. The summed E-state index contributed by atoms with van der Waals surface area (Å²) in [6, 6.07) is 6.48. The highest BCUT2D eigenvalue weighted by Gasteiger charge is 2.15. The van der Waals surface area contributed by atoms with Gasteiger partial charge in [-0.1, -0.05) is 6.07 Å². The Balaban J connectivity index is 2.46. The summed E-state index contributed by atoms with van der Waals surface area (Å²) in [6.07, 6.45) is 1.12. The first-order chi connectivity index (χ1) is 5.77. The Hall–Kier alpha value is 0.1000. The van der Waals surface area contributed by atoms with Gasteiger partial charge in [-0.25, -0.2) is 0 Å². The SMILES string of the molecule is SC1CCNc2cc(I)ccc21. The molecule has 12 heavy (non-hydrogen) atoms. The van der Waals surface area contributed by atoms with Gasteiger partial charge in [0.15, 0.2) is 0 Å². The molecule has 0 amide bonds. The number of anilines is 1. The third-order valence-corrected chi connectivity index (χ3v) is 3.31. The van der Waals surface area contributed by atoms with Gasteiger partial charge in [0.1, 0.15) is 0 Å². The van der Waals surface area contributed by atoms with Crippen LogP contribution >= 0.6 is 35.2 Å². The van der Waals surface area contributed by atoms with Gasteiger partial charge < -0.3 is 5.32 Å². The van der Waals surface area contributed by atoms with Crippen LogP contribution in [0.5, 0.6) is 0 Å². The largest absolute Gasteiger partial charge is 0.385 e. The van der Waals surface area contributed by atoms with Crippen molar-refractivity contribution in [3.05, 3.63) is 27.3 Å². The molecule has 64 valence electrons. The van der Waals surface area contributed by atoms with Crippen molar-refractivity contribution in [3.8, 4) is 0 Å². The lowest BCUT2D eigenvalue weighted by molar-refractivity contribution is 0.815. The number of halogens is 1. The molecule has 0 fully saturated rings. The van der Waals surface area contributed by atoms with E-state index in [1.54, 1.807) is 0 Å². The van der Waals surface area contributed by atoms with Gasteiger partial charge in [0.2, 0.25) is 0 Å². The lowest BCUT2D eigenvalue weighted by Crippen LogP contribution is -2.13. The Labute approximate surface area is 91.5 Å². The average molecular weight is 291 g/mol. The monoisotopic (exact) mass is 291 g/mol. The van der Waals surface area contributed by atoms with Crippen LogP contribution in [0.15, 0.2) is 18.2 Å². The predicted octanol–water partition coefficient (Wildman–Crippen LogP) is 3.08. The van der Waals surface area contributed by atoms with E-state index in [4.69, 9.17) is 0 Å². The maximum Gasteiger partial charge on any atom is 0.0394 e. The molecule has 1 aliphatic rings. The van der Waals surface area contributed by atoms with Crippen molar-refractivity contribution in [2.24, 2.45) is 0 Å². The van der Waals surface area contributed by atoms with Gasteiger partial charge in [-0.05, 0) is 46.7 Å². The zero-order valence-electron chi connectivity index (χ0n) is 6.55. The summed E-state index contributed by atoms with van der Waals surface area (Å²) in [5, 5.41) is 3.80. The van der Waals surface area contributed by atoms with Crippen LogP contribution < -0.4 is 5.32 Å². The van der Waals surface area contributed by atoms with E-state index in [0.29, 0.717) is 5.25 Å². The Morgan fingerprint density at radius 3 is 3.17 bits per heavy atom. The fourth-order valence-electron chi connectivity index (χ4n) is 1.47. The van der Waals surface area contributed by atoms with E-state index in [9.17, 15) is 0 Å². The first-order valence-corrected chi connectivity index (χ1v) is 5.58. The average Bonchev–Trinajstić information content (AvgIpc) is 2.04. The highest BCUT2D eigenvalue weighted by Crippen LogP contribution is 2.34. The van der Waals surface area contributed by atoms with E-state index in [2.05, 4.69) is 58.7 Å². The number of nitrogens with one attached hydrogen (secondary N) is 1. The third-order valence-electron chi connectivity index (χ3n) is 2.11. The molecule has 1 atom stereocenters. The van der Waals surface area contributed by atoms with Gasteiger partial charge >= 0.3 is 0 Å². The normalized spacial score (nSPS) is 21.3. The molecule has 0 bridgehead atoms. The van der Waals surface area contributed by atoms with Gasteiger partial charge in [-0.15, -0.1) is 0 Å². The Kier molecular flexibility index (Phi) is 2.50. The Morgan fingerprint density at radius 2 is 2.33 bits per heavy atom. The Bertz CT molecular complexity index is 301. The minimum Gasteiger partial charge on any atom is -0.385 e. The van der Waals surface area contributed by atoms with Crippen LogP contribution in [0.1, 0.15) is 17.2 Å². The van der Waals surface area contributed by atoms with Gasteiger partial charge in [-0.2, -0.15) is 12.6 Å². The van der Waals surface area contributed by atoms with Crippen molar-refractivity contribution in [1.29, 1.82) is 0 Å². The molecule has 1 nitrogen and oxygen atoms in total. The van der Waals surface area contributed by atoms with Crippen molar-refractivity contribution in [1.82, 2.24) is 0 Å². The number of hydrogen-bond donors (Lipinski definition) is 2. The molecule has 0 radical (unpaired) electrons.